The first-order chi connectivity index (χ1) is 10.2. The predicted molar refractivity (Wildman–Crippen MR) is 86.2 cm³/mol. The Morgan fingerprint density at radius 3 is 3.05 bits per heavy atom. The summed E-state index contributed by atoms with van der Waals surface area (Å²) in [6, 6.07) is 4.80. The zero-order valence-electron chi connectivity index (χ0n) is 13.1. The third kappa shape index (κ3) is 2.97. The molecule has 0 spiro atoms. The van der Waals surface area contributed by atoms with Crippen molar-refractivity contribution in [1.82, 2.24) is 14.3 Å². The number of pyridine rings is 1. The molecule has 3 rings (SSSR count). The highest BCUT2D eigenvalue weighted by Gasteiger charge is 2.23. The van der Waals surface area contributed by atoms with Gasteiger partial charge in [0.05, 0.1) is 11.7 Å². The Kier molecular flexibility index (Phi) is 4.27. The molecule has 0 amide bonds. The summed E-state index contributed by atoms with van der Waals surface area (Å²) in [4.78, 5) is 7.25. The number of piperidine rings is 1. The highest BCUT2D eigenvalue weighted by Crippen LogP contribution is 2.23. The van der Waals surface area contributed by atoms with Crippen molar-refractivity contribution >= 4 is 5.52 Å². The zero-order chi connectivity index (χ0) is 14.8. The van der Waals surface area contributed by atoms with E-state index in [4.69, 9.17) is 5.73 Å². The first kappa shape index (κ1) is 14.5. The second kappa shape index (κ2) is 6.16. The molecule has 0 bridgehead atoms. The van der Waals surface area contributed by atoms with Gasteiger partial charge in [0.25, 0.3) is 0 Å². The number of hydrogen-bond donors (Lipinski definition) is 1. The molecule has 0 aromatic carbocycles. The van der Waals surface area contributed by atoms with Crippen molar-refractivity contribution in [3.8, 4) is 0 Å². The molecule has 2 N–H and O–H groups in total. The molecular weight excluding hydrogens is 260 g/mol. The molecule has 1 unspecified atom stereocenters. The molecule has 0 radical (unpaired) electrons. The molecule has 1 atom stereocenters. The Hall–Kier alpha value is -1.39. The van der Waals surface area contributed by atoms with Crippen LogP contribution in [0.5, 0.6) is 0 Å². The lowest BCUT2D eigenvalue weighted by atomic mass is 9.93. The van der Waals surface area contributed by atoms with Crippen LogP contribution in [0.4, 0.5) is 0 Å². The van der Waals surface area contributed by atoms with Gasteiger partial charge in [-0.2, -0.15) is 0 Å². The van der Waals surface area contributed by atoms with Gasteiger partial charge in [0.15, 0.2) is 0 Å². The van der Waals surface area contributed by atoms with Gasteiger partial charge in [-0.25, -0.2) is 4.98 Å². The van der Waals surface area contributed by atoms with Gasteiger partial charge >= 0.3 is 0 Å². The largest absolute Gasteiger partial charge is 0.326 e. The van der Waals surface area contributed by atoms with Gasteiger partial charge in [-0.3, -0.25) is 0 Å². The van der Waals surface area contributed by atoms with E-state index in [-0.39, 0.29) is 0 Å². The summed E-state index contributed by atoms with van der Waals surface area (Å²) in [5, 5.41) is 0. The number of fused-ring (bicyclic) bond motifs is 1. The Morgan fingerprint density at radius 1 is 1.43 bits per heavy atom. The fourth-order valence-corrected chi connectivity index (χ4v) is 3.45. The standard InChI is InChI=1S/C17H26N4/c1-13(2)20-7-3-5-14(12-20)9-17-19-11-16-15(10-18)6-4-8-21(16)17/h4,6,8,11,13-14H,3,5,7,9-10,12,18H2,1-2H3. The van der Waals surface area contributed by atoms with Gasteiger partial charge in [-0.15, -0.1) is 0 Å². The summed E-state index contributed by atoms with van der Waals surface area (Å²) in [5.74, 6) is 1.89. The van der Waals surface area contributed by atoms with E-state index >= 15 is 0 Å². The smallest absolute Gasteiger partial charge is 0.113 e. The zero-order valence-corrected chi connectivity index (χ0v) is 13.1. The average molecular weight is 286 g/mol. The fraction of sp³-hybridized carbons (Fsp3) is 0.588. The number of aromatic nitrogens is 2. The van der Waals surface area contributed by atoms with Gasteiger partial charge in [0, 0.05) is 31.7 Å². The molecule has 2 aromatic heterocycles. The summed E-state index contributed by atoms with van der Waals surface area (Å²) in [5.41, 5.74) is 8.14. The summed E-state index contributed by atoms with van der Waals surface area (Å²) in [7, 11) is 0. The van der Waals surface area contributed by atoms with E-state index in [0.29, 0.717) is 18.5 Å². The molecule has 1 aliphatic rings. The van der Waals surface area contributed by atoms with Crippen molar-refractivity contribution in [3.63, 3.8) is 0 Å². The van der Waals surface area contributed by atoms with E-state index < -0.39 is 0 Å². The van der Waals surface area contributed by atoms with Gasteiger partial charge in [0.1, 0.15) is 5.82 Å². The number of nitrogens with two attached hydrogens (primary N) is 1. The topological polar surface area (TPSA) is 46.6 Å². The van der Waals surface area contributed by atoms with Crippen LogP contribution in [0.25, 0.3) is 5.52 Å². The van der Waals surface area contributed by atoms with Gasteiger partial charge in [-0.1, -0.05) is 6.07 Å². The third-order valence-electron chi connectivity index (χ3n) is 4.71. The quantitative estimate of drug-likeness (QED) is 0.939. The predicted octanol–water partition coefficient (Wildman–Crippen LogP) is 2.46. The minimum atomic E-state index is 0.569. The van der Waals surface area contributed by atoms with Crippen LogP contribution < -0.4 is 5.73 Å². The highest BCUT2D eigenvalue weighted by atomic mass is 15.2. The van der Waals surface area contributed by atoms with Crippen molar-refractivity contribution in [2.24, 2.45) is 11.7 Å². The fourth-order valence-electron chi connectivity index (χ4n) is 3.45. The maximum Gasteiger partial charge on any atom is 0.113 e. The van der Waals surface area contributed by atoms with E-state index in [1.807, 2.05) is 6.20 Å². The first-order valence-corrected chi connectivity index (χ1v) is 8.07. The first-order valence-electron chi connectivity index (χ1n) is 8.07. The Labute approximate surface area is 127 Å². The van der Waals surface area contributed by atoms with E-state index in [9.17, 15) is 0 Å². The van der Waals surface area contributed by atoms with E-state index in [1.165, 1.54) is 37.3 Å². The van der Waals surface area contributed by atoms with Crippen LogP contribution in [0.15, 0.2) is 24.5 Å². The Bertz CT molecular complexity index is 602. The number of hydrogen-bond acceptors (Lipinski definition) is 3. The lowest BCUT2D eigenvalue weighted by molar-refractivity contribution is 0.138. The molecular formula is C17H26N4. The molecule has 1 saturated heterocycles. The van der Waals surface area contributed by atoms with Crippen molar-refractivity contribution in [3.05, 3.63) is 35.9 Å². The normalized spacial score (nSPS) is 20.5. The molecule has 1 aliphatic heterocycles. The molecule has 2 aromatic rings. The second-order valence-corrected chi connectivity index (χ2v) is 6.47. The average Bonchev–Trinajstić information content (AvgIpc) is 2.90. The maximum atomic E-state index is 5.81. The summed E-state index contributed by atoms with van der Waals surface area (Å²) in [6.45, 7) is 7.60. The van der Waals surface area contributed by atoms with E-state index in [2.05, 4.69) is 46.5 Å². The molecule has 1 fully saturated rings. The minimum Gasteiger partial charge on any atom is -0.326 e. The van der Waals surface area contributed by atoms with Crippen LogP contribution in [0, 0.1) is 5.92 Å². The molecule has 3 heterocycles. The van der Waals surface area contributed by atoms with Crippen molar-refractivity contribution < 1.29 is 0 Å². The SMILES string of the molecule is CC(C)N1CCCC(Cc2ncc3c(CN)cccn23)C1. The lowest BCUT2D eigenvalue weighted by Gasteiger charge is -2.35. The van der Waals surface area contributed by atoms with E-state index in [1.54, 1.807) is 0 Å². The second-order valence-electron chi connectivity index (χ2n) is 6.47. The number of imidazole rings is 1. The van der Waals surface area contributed by atoms with Crippen LogP contribution in [-0.2, 0) is 13.0 Å². The van der Waals surface area contributed by atoms with E-state index in [0.717, 1.165) is 11.9 Å². The number of nitrogens with zero attached hydrogens (tertiary/aromatic N) is 3. The van der Waals surface area contributed by atoms with Gasteiger partial charge < -0.3 is 15.0 Å². The lowest BCUT2D eigenvalue weighted by Crippen LogP contribution is -2.40. The maximum absolute atomic E-state index is 5.81. The number of likely N-dealkylation sites (tertiary alicyclic amines) is 1. The minimum absolute atomic E-state index is 0.569. The number of rotatable bonds is 4. The summed E-state index contributed by atoms with van der Waals surface area (Å²) < 4.78 is 2.22. The van der Waals surface area contributed by atoms with Crippen molar-refractivity contribution in [1.29, 1.82) is 0 Å². The third-order valence-corrected chi connectivity index (χ3v) is 4.71. The summed E-state index contributed by atoms with van der Waals surface area (Å²) >= 11 is 0. The van der Waals surface area contributed by atoms with Gasteiger partial charge in [0.2, 0.25) is 0 Å². The molecule has 114 valence electrons. The molecule has 4 nitrogen and oxygen atoms in total. The van der Waals surface area contributed by atoms with Crippen LogP contribution in [0.1, 0.15) is 38.1 Å². The van der Waals surface area contributed by atoms with Gasteiger partial charge in [-0.05, 0) is 50.8 Å². The highest BCUT2D eigenvalue weighted by molar-refractivity contribution is 5.54. The van der Waals surface area contributed by atoms with Crippen molar-refractivity contribution in [2.75, 3.05) is 13.1 Å². The molecule has 0 aliphatic carbocycles. The van der Waals surface area contributed by atoms with Crippen LogP contribution in [0.2, 0.25) is 0 Å². The summed E-state index contributed by atoms with van der Waals surface area (Å²) in [6.07, 6.45) is 7.76. The van der Waals surface area contributed by atoms with Crippen LogP contribution in [-0.4, -0.2) is 33.4 Å². The van der Waals surface area contributed by atoms with Crippen molar-refractivity contribution in [2.45, 2.75) is 45.7 Å². The van der Waals surface area contributed by atoms with Crippen LogP contribution >= 0.6 is 0 Å². The molecule has 0 saturated carbocycles. The molecule has 4 heteroatoms. The monoisotopic (exact) mass is 286 g/mol. The Balaban J connectivity index is 1.79. The molecule has 21 heavy (non-hydrogen) atoms. The Morgan fingerprint density at radius 2 is 2.29 bits per heavy atom. The van der Waals surface area contributed by atoms with Crippen LogP contribution in [0.3, 0.4) is 0 Å².